The monoisotopic (exact) mass is 320 g/mol. The third kappa shape index (κ3) is 3.23. The Hall–Kier alpha value is -0.0800. The highest BCUT2D eigenvalue weighted by Gasteiger charge is 2.61. The standard InChI is InChI=1S/C21H40N2/c1-17-14-23(15-17)20(6,7)9-8-19(4,5)22-12-10-21(11-13-22)16-18(21,2)3/h17H,8-16H2,1-7H3. The van der Waals surface area contributed by atoms with Crippen molar-refractivity contribution in [3.63, 3.8) is 0 Å². The third-order valence-electron chi connectivity index (χ3n) is 7.94. The van der Waals surface area contributed by atoms with Crippen molar-refractivity contribution in [1.29, 1.82) is 0 Å². The summed E-state index contributed by atoms with van der Waals surface area (Å²) in [5, 5.41) is 0. The van der Waals surface area contributed by atoms with Gasteiger partial charge in [0, 0.05) is 24.2 Å². The first kappa shape index (κ1) is 17.7. The van der Waals surface area contributed by atoms with E-state index in [4.69, 9.17) is 0 Å². The van der Waals surface area contributed by atoms with E-state index in [0.717, 1.165) is 5.92 Å². The second kappa shape index (κ2) is 5.46. The lowest BCUT2D eigenvalue weighted by Gasteiger charge is -2.50. The lowest BCUT2D eigenvalue weighted by molar-refractivity contribution is -0.0103. The SMILES string of the molecule is CC1CN(C(C)(C)CCC(C)(C)N2CCC3(CC2)CC3(C)C)C1. The number of likely N-dealkylation sites (tertiary alicyclic amines) is 2. The van der Waals surface area contributed by atoms with Gasteiger partial charge < -0.3 is 0 Å². The van der Waals surface area contributed by atoms with Gasteiger partial charge in [-0.05, 0) is 89.6 Å². The molecule has 2 saturated heterocycles. The van der Waals surface area contributed by atoms with Gasteiger partial charge in [-0.3, -0.25) is 9.80 Å². The zero-order chi connectivity index (χ0) is 17.1. The quantitative estimate of drug-likeness (QED) is 0.719. The van der Waals surface area contributed by atoms with Crippen molar-refractivity contribution in [2.75, 3.05) is 26.2 Å². The Balaban J connectivity index is 1.50. The maximum atomic E-state index is 2.79. The van der Waals surface area contributed by atoms with Crippen LogP contribution in [0.4, 0.5) is 0 Å². The summed E-state index contributed by atoms with van der Waals surface area (Å²) in [6.07, 6.45) is 6.96. The van der Waals surface area contributed by atoms with Crippen LogP contribution in [0.25, 0.3) is 0 Å². The molecule has 0 N–H and O–H groups in total. The van der Waals surface area contributed by atoms with Crippen molar-refractivity contribution < 1.29 is 0 Å². The van der Waals surface area contributed by atoms with Gasteiger partial charge in [-0.1, -0.05) is 20.8 Å². The van der Waals surface area contributed by atoms with Gasteiger partial charge in [0.2, 0.25) is 0 Å². The Kier molecular flexibility index (Phi) is 4.21. The third-order valence-corrected chi connectivity index (χ3v) is 7.94. The van der Waals surface area contributed by atoms with Crippen LogP contribution in [-0.2, 0) is 0 Å². The molecule has 0 amide bonds. The first-order valence-corrected chi connectivity index (χ1v) is 9.98. The van der Waals surface area contributed by atoms with Crippen LogP contribution in [0.2, 0.25) is 0 Å². The minimum atomic E-state index is 0.356. The molecule has 0 unspecified atom stereocenters. The molecule has 1 saturated carbocycles. The second-order valence-electron chi connectivity index (χ2n) is 11.0. The summed E-state index contributed by atoms with van der Waals surface area (Å²) >= 11 is 0. The van der Waals surface area contributed by atoms with E-state index in [2.05, 4.69) is 58.3 Å². The predicted molar refractivity (Wildman–Crippen MR) is 99.8 cm³/mol. The highest BCUT2D eigenvalue weighted by Crippen LogP contribution is 2.68. The van der Waals surface area contributed by atoms with E-state index >= 15 is 0 Å². The number of nitrogens with zero attached hydrogens (tertiary/aromatic N) is 2. The zero-order valence-corrected chi connectivity index (χ0v) is 16.8. The van der Waals surface area contributed by atoms with Crippen molar-refractivity contribution >= 4 is 0 Å². The summed E-state index contributed by atoms with van der Waals surface area (Å²) in [7, 11) is 0. The van der Waals surface area contributed by atoms with Gasteiger partial charge in [0.05, 0.1) is 0 Å². The molecule has 2 aliphatic heterocycles. The first-order valence-electron chi connectivity index (χ1n) is 9.98. The topological polar surface area (TPSA) is 6.48 Å². The summed E-state index contributed by atoms with van der Waals surface area (Å²) in [6, 6.07) is 0. The Morgan fingerprint density at radius 3 is 1.70 bits per heavy atom. The summed E-state index contributed by atoms with van der Waals surface area (Å²) < 4.78 is 0. The Labute approximate surface area is 145 Å². The molecule has 3 fully saturated rings. The van der Waals surface area contributed by atoms with Gasteiger partial charge in [-0.25, -0.2) is 0 Å². The van der Waals surface area contributed by atoms with Crippen molar-refractivity contribution in [2.24, 2.45) is 16.7 Å². The van der Waals surface area contributed by atoms with E-state index in [1.54, 1.807) is 0 Å². The highest BCUT2D eigenvalue weighted by molar-refractivity contribution is 5.11. The number of piperidine rings is 1. The van der Waals surface area contributed by atoms with Crippen LogP contribution in [0.3, 0.4) is 0 Å². The largest absolute Gasteiger partial charge is 0.298 e. The highest BCUT2D eigenvalue weighted by atomic mass is 15.2. The maximum absolute atomic E-state index is 2.79. The summed E-state index contributed by atoms with van der Waals surface area (Å²) in [5.74, 6) is 0.905. The van der Waals surface area contributed by atoms with Gasteiger partial charge in [0.15, 0.2) is 0 Å². The summed E-state index contributed by atoms with van der Waals surface area (Å²) in [4.78, 5) is 5.48. The van der Waals surface area contributed by atoms with E-state index in [0.29, 0.717) is 21.9 Å². The van der Waals surface area contributed by atoms with Gasteiger partial charge in [0.25, 0.3) is 0 Å². The van der Waals surface area contributed by atoms with Crippen molar-refractivity contribution in [3.8, 4) is 0 Å². The smallest absolute Gasteiger partial charge is 0.0154 e. The van der Waals surface area contributed by atoms with Crippen LogP contribution in [0, 0.1) is 16.7 Å². The number of rotatable bonds is 5. The van der Waals surface area contributed by atoms with Crippen LogP contribution < -0.4 is 0 Å². The molecule has 134 valence electrons. The van der Waals surface area contributed by atoms with Crippen LogP contribution in [0.1, 0.15) is 80.6 Å². The Morgan fingerprint density at radius 2 is 1.30 bits per heavy atom. The van der Waals surface area contributed by atoms with Crippen molar-refractivity contribution in [2.45, 2.75) is 91.6 Å². The van der Waals surface area contributed by atoms with Gasteiger partial charge in [-0.2, -0.15) is 0 Å². The molecule has 1 aliphatic carbocycles. The van der Waals surface area contributed by atoms with Crippen molar-refractivity contribution in [1.82, 2.24) is 9.80 Å². The van der Waals surface area contributed by atoms with E-state index in [1.807, 2.05) is 0 Å². The maximum Gasteiger partial charge on any atom is 0.0154 e. The van der Waals surface area contributed by atoms with Crippen molar-refractivity contribution in [3.05, 3.63) is 0 Å². The number of hydrogen-bond donors (Lipinski definition) is 0. The Morgan fingerprint density at radius 1 is 0.870 bits per heavy atom. The molecule has 0 bridgehead atoms. The molecular weight excluding hydrogens is 280 g/mol. The first-order chi connectivity index (χ1) is 10.5. The molecule has 3 rings (SSSR count). The molecule has 1 spiro atoms. The molecule has 0 atom stereocenters. The van der Waals surface area contributed by atoms with Crippen LogP contribution >= 0.6 is 0 Å². The lowest BCUT2D eigenvalue weighted by Crippen LogP contribution is -2.57. The lowest BCUT2D eigenvalue weighted by atomic mass is 9.81. The fourth-order valence-electron chi connectivity index (χ4n) is 5.32. The number of hydrogen-bond acceptors (Lipinski definition) is 2. The molecule has 2 heteroatoms. The normalized spacial score (nSPS) is 28.8. The molecule has 0 aromatic rings. The van der Waals surface area contributed by atoms with E-state index < -0.39 is 0 Å². The fourth-order valence-corrected chi connectivity index (χ4v) is 5.32. The molecule has 2 heterocycles. The minimum absolute atomic E-state index is 0.356. The molecular formula is C21H40N2. The minimum Gasteiger partial charge on any atom is -0.298 e. The predicted octanol–water partition coefficient (Wildman–Crippen LogP) is 4.79. The van der Waals surface area contributed by atoms with Gasteiger partial charge in [-0.15, -0.1) is 0 Å². The molecule has 0 radical (unpaired) electrons. The molecule has 2 nitrogen and oxygen atoms in total. The molecule has 0 aromatic heterocycles. The van der Waals surface area contributed by atoms with Gasteiger partial charge in [0.1, 0.15) is 0 Å². The zero-order valence-electron chi connectivity index (χ0n) is 16.8. The van der Waals surface area contributed by atoms with Crippen LogP contribution in [0.15, 0.2) is 0 Å². The van der Waals surface area contributed by atoms with E-state index in [-0.39, 0.29) is 0 Å². The van der Waals surface area contributed by atoms with Gasteiger partial charge >= 0.3 is 0 Å². The summed E-state index contributed by atoms with van der Waals surface area (Å²) in [5.41, 5.74) is 2.06. The average molecular weight is 321 g/mol. The van der Waals surface area contributed by atoms with Crippen LogP contribution in [-0.4, -0.2) is 47.1 Å². The molecule has 0 aromatic carbocycles. The van der Waals surface area contributed by atoms with E-state index in [1.165, 1.54) is 58.3 Å². The van der Waals surface area contributed by atoms with Crippen LogP contribution in [0.5, 0.6) is 0 Å². The summed E-state index contributed by atoms with van der Waals surface area (Å²) in [6.45, 7) is 22.4. The van der Waals surface area contributed by atoms with E-state index in [9.17, 15) is 0 Å². The average Bonchev–Trinajstić information content (AvgIpc) is 2.94. The second-order valence-corrected chi connectivity index (χ2v) is 11.0. The molecule has 3 aliphatic rings. The Bertz CT molecular complexity index is 435. The fraction of sp³-hybridized carbons (Fsp3) is 1.00. The molecule has 23 heavy (non-hydrogen) atoms.